The van der Waals surface area contributed by atoms with Gasteiger partial charge in [0.05, 0.1) is 21.8 Å². The third-order valence-electron chi connectivity index (χ3n) is 5.06. The third kappa shape index (κ3) is 3.94. The van der Waals surface area contributed by atoms with Gasteiger partial charge in [0.25, 0.3) is 5.56 Å². The maximum Gasteiger partial charge on any atom is 0.266 e. The fraction of sp³-hybridized carbons (Fsp3) is 0.160. The van der Waals surface area contributed by atoms with Gasteiger partial charge in [0.1, 0.15) is 0 Å². The van der Waals surface area contributed by atoms with E-state index in [0.717, 1.165) is 12.1 Å². The zero-order chi connectivity index (χ0) is 21.1. The molecule has 0 aliphatic rings. The number of hydrogen-bond donors (Lipinski definition) is 0. The SMILES string of the molecule is CCc1ccc(C(=O)C(C)Sc2nc3ccccc3c(=O)n2-c2ccccc2)cc1. The number of aromatic nitrogens is 2. The van der Waals surface area contributed by atoms with Crippen LogP contribution < -0.4 is 5.56 Å². The molecule has 0 bridgehead atoms. The van der Waals surface area contributed by atoms with E-state index in [4.69, 9.17) is 4.98 Å². The Morgan fingerprint density at radius 3 is 2.33 bits per heavy atom. The van der Waals surface area contributed by atoms with Crippen molar-refractivity contribution in [2.24, 2.45) is 0 Å². The van der Waals surface area contributed by atoms with Crippen molar-refractivity contribution in [1.82, 2.24) is 9.55 Å². The molecule has 0 amide bonds. The lowest BCUT2D eigenvalue weighted by molar-refractivity contribution is 0.0994. The molecule has 0 saturated heterocycles. The number of hydrogen-bond acceptors (Lipinski definition) is 4. The molecule has 4 rings (SSSR count). The number of aryl methyl sites for hydroxylation is 1. The van der Waals surface area contributed by atoms with E-state index in [9.17, 15) is 9.59 Å². The Balaban J connectivity index is 1.75. The standard InChI is InChI=1S/C25H22N2O2S/c1-3-18-13-15-19(16-14-18)23(28)17(2)30-25-26-22-12-8-7-11-21(22)24(29)27(25)20-9-5-4-6-10-20/h4-17H,3H2,1-2H3. The Kier molecular flexibility index (Phi) is 5.81. The monoisotopic (exact) mass is 414 g/mol. The van der Waals surface area contributed by atoms with Gasteiger partial charge < -0.3 is 0 Å². The summed E-state index contributed by atoms with van der Waals surface area (Å²) in [5.41, 5.74) is 3.09. The van der Waals surface area contributed by atoms with Gasteiger partial charge in [-0.15, -0.1) is 0 Å². The summed E-state index contributed by atoms with van der Waals surface area (Å²) in [6, 6.07) is 24.4. The van der Waals surface area contributed by atoms with Crippen LogP contribution in [0.3, 0.4) is 0 Å². The van der Waals surface area contributed by atoms with Crippen LogP contribution in [0.5, 0.6) is 0 Å². The number of Topliss-reactive ketones (excluding diaryl/α,β-unsaturated/α-hetero) is 1. The predicted molar refractivity (Wildman–Crippen MR) is 123 cm³/mol. The van der Waals surface area contributed by atoms with Crippen LogP contribution in [-0.2, 0) is 6.42 Å². The summed E-state index contributed by atoms with van der Waals surface area (Å²) in [6.45, 7) is 3.95. The molecular weight excluding hydrogens is 392 g/mol. The Labute approximate surface area is 179 Å². The lowest BCUT2D eigenvalue weighted by Crippen LogP contribution is -2.23. The quantitative estimate of drug-likeness (QED) is 0.244. The first kappa shape index (κ1) is 20.1. The fourth-order valence-corrected chi connectivity index (χ4v) is 4.35. The summed E-state index contributed by atoms with van der Waals surface area (Å²) in [5.74, 6) is 0.0182. The first-order valence-corrected chi connectivity index (χ1v) is 10.8. The maximum absolute atomic E-state index is 13.3. The molecule has 4 aromatic rings. The molecule has 1 aromatic heterocycles. The Morgan fingerprint density at radius 1 is 0.967 bits per heavy atom. The van der Waals surface area contributed by atoms with Crippen LogP contribution in [0, 0.1) is 0 Å². The highest BCUT2D eigenvalue weighted by molar-refractivity contribution is 8.00. The molecule has 150 valence electrons. The van der Waals surface area contributed by atoms with Crippen molar-refractivity contribution in [2.45, 2.75) is 30.7 Å². The normalized spacial score (nSPS) is 12.1. The highest BCUT2D eigenvalue weighted by Gasteiger charge is 2.21. The highest BCUT2D eigenvalue weighted by Crippen LogP contribution is 2.27. The molecule has 3 aromatic carbocycles. The minimum Gasteiger partial charge on any atom is -0.293 e. The molecule has 0 N–H and O–H groups in total. The second-order valence-corrected chi connectivity index (χ2v) is 8.37. The topological polar surface area (TPSA) is 52.0 Å². The van der Waals surface area contributed by atoms with Crippen LogP contribution >= 0.6 is 11.8 Å². The number of rotatable bonds is 6. The molecule has 0 aliphatic heterocycles. The average molecular weight is 415 g/mol. The van der Waals surface area contributed by atoms with Gasteiger partial charge in [0, 0.05) is 5.56 Å². The number of benzene rings is 3. The first-order valence-electron chi connectivity index (χ1n) is 9.95. The number of para-hydroxylation sites is 2. The Bertz CT molecular complexity index is 1250. The minimum atomic E-state index is -0.388. The minimum absolute atomic E-state index is 0.0182. The smallest absolute Gasteiger partial charge is 0.266 e. The van der Waals surface area contributed by atoms with E-state index in [1.54, 1.807) is 10.6 Å². The fourth-order valence-electron chi connectivity index (χ4n) is 3.35. The van der Waals surface area contributed by atoms with E-state index in [1.165, 1.54) is 17.3 Å². The summed E-state index contributed by atoms with van der Waals surface area (Å²) in [6.07, 6.45) is 0.934. The van der Waals surface area contributed by atoms with E-state index in [1.807, 2.05) is 79.7 Å². The van der Waals surface area contributed by atoms with Gasteiger partial charge in [-0.25, -0.2) is 4.98 Å². The molecule has 4 nitrogen and oxygen atoms in total. The molecule has 5 heteroatoms. The number of carbonyl (C=O) groups is 1. The van der Waals surface area contributed by atoms with Gasteiger partial charge >= 0.3 is 0 Å². The molecular formula is C25H22N2O2S. The summed E-state index contributed by atoms with van der Waals surface area (Å²) >= 11 is 1.31. The number of carbonyl (C=O) groups excluding carboxylic acids is 1. The second-order valence-electron chi connectivity index (χ2n) is 7.06. The van der Waals surface area contributed by atoms with Gasteiger partial charge in [-0.3, -0.25) is 14.2 Å². The van der Waals surface area contributed by atoms with Gasteiger partial charge in [0.2, 0.25) is 0 Å². The number of thioether (sulfide) groups is 1. The third-order valence-corrected chi connectivity index (χ3v) is 6.11. The number of ketones is 1. The molecule has 0 spiro atoms. The number of nitrogens with zero attached hydrogens (tertiary/aromatic N) is 2. The lowest BCUT2D eigenvalue weighted by Gasteiger charge is -2.16. The van der Waals surface area contributed by atoms with Crippen molar-refractivity contribution in [2.75, 3.05) is 0 Å². The van der Waals surface area contributed by atoms with Crippen LogP contribution in [0.1, 0.15) is 29.8 Å². The zero-order valence-corrected chi connectivity index (χ0v) is 17.7. The van der Waals surface area contributed by atoms with Crippen molar-refractivity contribution in [3.8, 4) is 5.69 Å². The molecule has 1 heterocycles. The van der Waals surface area contributed by atoms with Gasteiger partial charge in [-0.2, -0.15) is 0 Å². The van der Waals surface area contributed by atoms with E-state index >= 15 is 0 Å². The van der Waals surface area contributed by atoms with Gasteiger partial charge in [-0.1, -0.05) is 73.3 Å². The van der Waals surface area contributed by atoms with Crippen LogP contribution in [0.15, 0.2) is 88.8 Å². The molecule has 30 heavy (non-hydrogen) atoms. The maximum atomic E-state index is 13.3. The zero-order valence-electron chi connectivity index (χ0n) is 16.9. The highest BCUT2D eigenvalue weighted by atomic mass is 32.2. The van der Waals surface area contributed by atoms with Crippen LogP contribution in [-0.4, -0.2) is 20.6 Å². The van der Waals surface area contributed by atoms with E-state index in [-0.39, 0.29) is 16.6 Å². The molecule has 1 atom stereocenters. The molecule has 0 saturated carbocycles. The van der Waals surface area contributed by atoms with E-state index in [2.05, 4.69) is 6.92 Å². The van der Waals surface area contributed by atoms with E-state index in [0.29, 0.717) is 21.6 Å². The second kappa shape index (κ2) is 8.67. The lowest BCUT2D eigenvalue weighted by atomic mass is 10.1. The summed E-state index contributed by atoms with van der Waals surface area (Å²) in [5, 5.41) is 0.677. The van der Waals surface area contributed by atoms with Crippen molar-refractivity contribution < 1.29 is 4.79 Å². The largest absolute Gasteiger partial charge is 0.293 e. The average Bonchev–Trinajstić information content (AvgIpc) is 2.79. The first-order chi connectivity index (χ1) is 14.6. The summed E-state index contributed by atoms with van der Waals surface area (Å²) in [7, 11) is 0. The van der Waals surface area contributed by atoms with Crippen molar-refractivity contribution in [3.05, 3.63) is 100 Å². The predicted octanol–water partition coefficient (Wildman–Crippen LogP) is 5.31. The summed E-state index contributed by atoms with van der Waals surface area (Å²) in [4.78, 5) is 31.0. The molecule has 0 aliphatic carbocycles. The van der Waals surface area contributed by atoms with Crippen LogP contribution in [0.25, 0.3) is 16.6 Å². The Morgan fingerprint density at radius 2 is 1.63 bits per heavy atom. The Hall–Kier alpha value is -3.18. The van der Waals surface area contributed by atoms with Gasteiger partial charge in [-0.05, 0) is 43.2 Å². The molecule has 0 fully saturated rings. The number of fused-ring (bicyclic) bond motifs is 1. The van der Waals surface area contributed by atoms with Crippen molar-refractivity contribution in [3.63, 3.8) is 0 Å². The van der Waals surface area contributed by atoms with Gasteiger partial charge in [0.15, 0.2) is 10.9 Å². The van der Waals surface area contributed by atoms with Crippen LogP contribution in [0.2, 0.25) is 0 Å². The molecule has 1 unspecified atom stereocenters. The van der Waals surface area contributed by atoms with Crippen LogP contribution in [0.4, 0.5) is 0 Å². The van der Waals surface area contributed by atoms with E-state index < -0.39 is 0 Å². The molecule has 0 radical (unpaired) electrons. The van der Waals surface area contributed by atoms with Crippen molar-refractivity contribution >= 4 is 28.4 Å². The van der Waals surface area contributed by atoms with Crippen molar-refractivity contribution in [1.29, 1.82) is 0 Å². The summed E-state index contributed by atoms with van der Waals surface area (Å²) < 4.78 is 1.59.